The van der Waals surface area contributed by atoms with Crippen LogP contribution in [0.3, 0.4) is 0 Å². The maximum Gasteiger partial charge on any atom is 0.233 e. The van der Waals surface area contributed by atoms with Crippen LogP contribution in [0.15, 0.2) is 48.7 Å². The Morgan fingerprint density at radius 1 is 1.00 bits per heavy atom. The zero-order chi connectivity index (χ0) is 21.6. The Morgan fingerprint density at radius 3 is 2.45 bits per heavy atom. The minimum absolute atomic E-state index is 0.0741. The number of nitrogens with one attached hydrogen (secondary N) is 1. The van der Waals surface area contributed by atoms with Crippen LogP contribution in [0, 0.1) is 0 Å². The summed E-state index contributed by atoms with van der Waals surface area (Å²) < 4.78 is 0. The highest BCUT2D eigenvalue weighted by molar-refractivity contribution is 5.97. The molecule has 0 amide bonds. The highest BCUT2D eigenvalue weighted by Gasteiger charge is 2.18. The second-order valence-electron chi connectivity index (χ2n) is 7.66. The predicted octanol–water partition coefficient (Wildman–Crippen LogP) is 2.75. The third kappa shape index (κ3) is 5.40. The standard InChI is InChI=1S/C23H27N7O/c1-3-20-25-22(28-23(27-20)30-13-11-29(2)12-14-30)26-21-10-9-17(16-24-21)15-19(31)18-7-5-4-6-8-18/h4-10,16H,3,11-15H2,1-2H3,(H,24,25,26,27,28). The zero-order valence-electron chi connectivity index (χ0n) is 18.0. The van der Waals surface area contributed by atoms with Crippen LogP contribution < -0.4 is 10.2 Å². The monoisotopic (exact) mass is 417 g/mol. The fourth-order valence-corrected chi connectivity index (χ4v) is 3.40. The summed E-state index contributed by atoms with van der Waals surface area (Å²) in [5.41, 5.74) is 1.57. The van der Waals surface area contributed by atoms with Crippen molar-refractivity contribution in [3.8, 4) is 0 Å². The number of rotatable bonds is 7. The Kier molecular flexibility index (Phi) is 6.47. The van der Waals surface area contributed by atoms with Gasteiger partial charge in [-0.3, -0.25) is 4.79 Å². The minimum Gasteiger partial charge on any atom is -0.338 e. The maximum absolute atomic E-state index is 12.4. The molecule has 1 aliphatic rings. The summed E-state index contributed by atoms with van der Waals surface area (Å²) in [6, 6.07) is 13.0. The average Bonchev–Trinajstić information content (AvgIpc) is 2.81. The first-order valence-corrected chi connectivity index (χ1v) is 10.6. The molecule has 0 aliphatic carbocycles. The van der Waals surface area contributed by atoms with Crippen molar-refractivity contribution < 1.29 is 4.79 Å². The number of benzene rings is 1. The van der Waals surface area contributed by atoms with Crippen molar-refractivity contribution in [2.75, 3.05) is 43.4 Å². The minimum atomic E-state index is 0.0741. The molecule has 0 radical (unpaired) electrons. The van der Waals surface area contributed by atoms with Gasteiger partial charge in [-0.15, -0.1) is 0 Å². The third-order valence-corrected chi connectivity index (χ3v) is 5.30. The second kappa shape index (κ2) is 9.61. The van der Waals surface area contributed by atoms with Gasteiger partial charge in [-0.2, -0.15) is 15.0 Å². The number of hydrogen-bond donors (Lipinski definition) is 1. The lowest BCUT2D eigenvalue weighted by Gasteiger charge is -2.32. The van der Waals surface area contributed by atoms with Gasteiger partial charge in [0.15, 0.2) is 5.78 Å². The molecule has 4 rings (SSSR count). The van der Waals surface area contributed by atoms with E-state index >= 15 is 0 Å². The molecule has 3 aromatic rings. The van der Waals surface area contributed by atoms with Crippen LogP contribution in [0.1, 0.15) is 28.7 Å². The number of likely N-dealkylation sites (N-methyl/N-ethyl adjacent to an activating group) is 1. The fraction of sp³-hybridized carbons (Fsp3) is 0.348. The second-order valence-corrected chi connectivity index (χ2v) is 7.66. The van der Waals surface area contributed by atoms with Crippen molar-refractivity contribution in [3.05, 3.63) is 65.6 Å². The van der Waals surface area contributed by atoms with Crippen molar-refractivity contribution in [1.82, 2.24) is 24.8 Å². The molecule has 1 aliphatic heterocycles. The quantitative estimate of drug-likeness (QED) is 0.587. The highest BCUT2D eigenvalue weighted by atomic mass is 16.1. The SMILES string of the molecule is CCc1nc(Nc2ccc(CC(=O)c3ccccc3)cn2)nc(N2CCN(C)CC2)n1. The summed E-state index contributed by atoms with van der Waals surface area (Å²) in [5, 5.41) is 3.18. The van der Waals surface area contributed by atoms with E-state index in [9.17, 15) is 4.79 Å². The molecule has 0 bridgehead atoms. The molecular weight excluding hydrogens is 390 g/mol. The molecule has 0 unspecified atom stereocenters. The molecule has 0 spiro atoms. The van der Waals surface area contributed by atoms with Crippen LogP contribution in [0.25, 0.3) is 0 Å². The molecule has 0 saturated carbocycles. The molecule has 1 aromatic carbocycles. The van der Waals surface area contributed by atoms with Crippen LogP contribution in [0.5, 0.6) is 0 Å². The van der Waals surface area contributed by atoms with E-state index in [0.717, 1.165) is 44.0 Å². The van der Waals surface area contributed by atoms with Gasteiger partial charge in [-0.1, -0.05) is 43.3 Å². The van der Waals surface area contributed by atoms with E-state index in [4.69, 9.17) is 0 Å². The van der Waals surface area contributed by atoms with Crippen LogP contribution >= 0.6 is 0 Å². The summed E-state index contributed by atoms with van der Waals surface area (Å²) in [6.45, 7) is 5.79. The summed E-state index contributed by atoms with van der Waals surface area (Å²) in [4.78, 5) is 35.0. The highest BCUT2D eigenvalue weighted by Crippen LogP contribution is 2.17. The van der Waals surface area contributed by atoms with E-state index in [1.807, 2.05) is 49.4 Å². The number of piperazine rings is 1. The van der Waals surface area contributed by atoms with E-state index < -0.39 is 0 Å². The molecule has 160 valence electrons. The summed E-state index contributed by atoms with van der Waals surface area (Å²) in [6.07, 6.45) is 2.76. The lowest BCUT2D eigenvalue weighted by atomic mass is 10.0. The molecule has 8 nitrogen and oxygen atoms in total. The van der Waals surface area contributed by atoms with E-state index in [2.05, 4.69) is 42.1 Å². The molecule has 1 saturated heterocycles. The molecule has 3 heterocycles. The van der Waals surface area contributed by atoms with Gasteiger partial charge in [0.1, 0.15) is 11.6 Å². The predicted molar refractivity (Wildman–Crippen MR) is 121 cm³/mol. The normalized spacial score (nSPS) is 14.5. The van der Waals surface area contributed by atoms with E-state index in [1.54, 1.807) is 6.20 Å². The van der Waals surface area contributed by atoms with E-state index in [-0.39, 0.29) is 5.78 Å². The van der Waals surface area contributed by atoms with Crippen LogP contribution in [0.4, 0.5) is 17.7 Å². The number of ketones is 1. The summed E-state index contributed by atoms with van der Waals surface area (Å²) >= 11 is 0. The fourth-order valence-electron chi connectivity index (χ4n) is 3.40. The van der Waals surface area contributed by atoms with Gasteiger partial charge in [-0.05, 0) is 18.7 Å². The van der Waals surface area contributed by atoms with Crippen molar-refractivity contribution in [3.63, 3.8) is 0 Å². The number of aryl methyl sites for hydroxylation is 1. The molecule has 8 heteroatoms. The Labute approximate surface area is 182 Å². The third-order valence-electron chi connectivity index (χ3n) is 5.30. The molecule has 0 atom stereocenters. The molecule has 2 aromatic heterocycles. The molecular formula is C23H27N7O. The van der Waals surface area contributed by atoms with Crippen LogP contribution in [-0.4, -0.2) is 63.8 Å². The smallest absolute Gasteiger partial charge is 0.233 e. The van der Waals surface area contributed by atoms with Gasteiger partial charge in [-0.25, -0.2) is 4.98 Å². The molecule has 31 heavy (non-hydrogen) atoms. The van der Waals surface area contributed by atoms with Crippen molar-refractivity contribution in [1.29, 1.82) is 0 Å². The lowest BCUT2D eigenvalue weighted by molar-refractivity contribution is 0.0993. The Morgan fingerprint density at radius 2 is 1.77 bits per heavy atom. The van der Waals surface area contributed by atoms with Gasteiger partial charge in [0.25, 0.3) is 0 Å². The van der Waals surface area contributed by atoms with Crippen LogP contribution in [-0.2, 0) is 12.8 Å². The van der Waals surface area contributed by atoms with Gasteiger partial charge >= 0.3 is 0 Å². The van der Waals surface area contributed by atoms with E-state index in [1.165, 1.54) is 0 Å². The zero-order valence-corrected chi connectivity index (χ0v) is 18.0. The number of carbonyl (C=O) groups is 1. The Balaban J connectivity index is 1.45. The van der Waals surface area contributed by atoms with Crippen molar-refractivity contribution >= 4 is 23.5 Å². The number of pyridine rings is 1. The number of Topliss-reactive ketones (excluding diaryl/α,β-unsaturated/α-hetero) is 1. The first-order chi connectivity index (χ1) is 15.1. The van der Waals surface area contributed by atoms with Gasteiger partial charge in [0, 0.05) is 50.8 Å². The maximum atomic E-state index is 12.4. The molecule has 1 N–H and O–H groups in total. The summed E-state index contributed by atoms with van der Waals surface area (Å²) in [7, 11) is 2.12. The average molecular weight is 418 g/mol. The van der Waals surface area contributed by atoms with Gasteiger partial charge in [0.2, 0.25) is 11.9 Å². The first-order valence-electron chi connectivity index (χ1n) is 10.6. The lowest BCUT2D eigenvalue weighted by Crippen LogP contribution is -2.45. The largest absolute Gasteiger partial charge is 0.338 e. The number of aromatic nitrogens is 4. The first kappa shape index (κ1) is 20.9. The Bertz CT molecular complexity index is 1020. The number of anilines is 3. The van der Waals surface area contributed by atoms with Crippen molar-refractivity contribution in [2.45, 2.75) is 19.8 Å². The van der Waals surface area contributed by atoms with Gasteiger partial charge < -0.3 is 15.1 Å². The summed E-state index contributed by atoms with van der Waals surface area (Å²) in [5.74, 6) is 2.64. The van der Waals surface area contributed by atoms with E-state index in [0.29, 0.717) is 29.7 Å². The topological polar surface area (TPSA) is 87.1 Å². The van der Waals surface area contributed by atoms with Crippen molar-refractivity contribution in [2.24, 2.45) is 0 Å². The van der Waals surface area contributed by atoms with Gasteiger partial charge in [0.05, 0.1) is 0 Å². The number of hydrogen-bond acceptors (Lipinski definition) is 8. The number of carbonyl (C=O) groups excluding carboxylic acids is 1. The molecule has 1 fully saturated rings. The van der Waals surface area contributed by atoms with Crippen LogP contribution in [0.2, 0.25) is 0 Å². The Hall–Kier alpha value is -3.39. The number of nitrogens with zero attached hydrogens (tertiary/aromatic N) is 6.